The van der Waals surface area contributed by atoms with E-state index in [0.717, 1.165) is 37.0 Å². The number of hydrogen-bond donors (Lipinski definition) is 2. The first kappa shape index (κ1) is 16.2. The highest BCUT2D eigenvalue weighted by atomic mass is 35.5. The molecule has 0 bridgehead atoms. The third-order valence-corrected chi connectivity index (χ3v) is 3.61. The number of benzene rings is 1. The quantitative estimate of drug-likeness (QED) is 0.463. The number of aromatic nitrogens is 2. The molecular formula is C16H19ClN4O. The minimum Gasteiger partial charge on any atom is -0.275 e. The third kappa shape index (κ3) is 4.43. The second-order valence-electron chi connectivity index (χ2n) is 4.92. The lowest BCUT2D eigenvalue weighted by atomic mass is 10.0. The largest absolute Gasteiger partial charge is 0.285 e. The average molecular weight is 319 g/mol. The Balaban J connectivity index is 2.20. The first-order valence-electron chi connectivity index (χ1n) is 7.33. The maximum absolute atomic E-state index is 11.4. The predicted octanol–water partition coefficient (Wildman–Crippen LogP) is 3.82. The summed E-state index contributed by atoms with van der Waals surface area (Å²) in [5.74, 6) is 0. The van der Waals surface area contributed by atoms with E-state index >= 15 is 0 Å². The van der Waals surface area contributed by atoms with Crippen molar-refractivity contribution >= 4 is 23.0 Å². The molecule has 2 rings (SSSR count). The number of H-pyrrole nitrogens is 1. The Morgan fingerprint density at radius 3 is 2.82 bits per heavy atom. The van der Waals surface area contributed by atoms with Gasteiger partial charge in [0.1, 0.15) is 10.7 Å². The van der Waals surface area contributed by atoms with E-state index in [2.05, 4.69) is 27.6 Å². The Bertz CT molecular complexity index is 682. The zero-order chi connectivity index (χ0) is 15.8. The molecule has 1 heterocycles. The second-order valence-corrected chi connectivity index (χ2v) is 5.30. The fraction of sp³-hybridized carbons (Fsp3) is 0.312. The number of unbranched alkanes of at least 4 members (excludes halogenated alkanes) is 2. The number of hydrogen-bond acceptors (Lipinski definition) is 4. The van der Waals surface area contributed by atoms with Gasteiger partial charge in [-0.3, -0.25) is 10.2 Å². The Labute approximate surface area is 134 Å². The van der Waals surface area contributed by atoms with Gasteiger partial charge in [0, 0.05) is 0 Å². The summed E-state index contributed by atoms with van der Waals surface area (Å²) < 4.78 is 0. The zero-order valence-corrected chi connectivity index (χ0v) is 13.2. The van der Waals surface area contributed by atoms with Gasteiger partial charge in [0.05, 0.1) is 11.9 Å². The van der Waals surface area contributed by atoms with Crippen LogP contribution in [-0.2, 0) is 0 Å². The van der Waals surface area contributed by atoms with Crippen molar-refractivity contribution < 1.29 is 0 Å². The van der Waals surface area contributed by atoms with Crippen molar-refractivity contribution in [3.05, 3.63) is 57.5 Å². The number of nitrogens with zero attached hydrogens (tertiary/aromatic N) is 2. The molecule has 116 valence electrons. The van der Waals surface area contributed by atoms with Crippen LogP contribution in [0.4, 0.5) is 5.69 Å². The molecule has 1 aromatic heterocycles. The number of anilines is 1. The maximum atomic E-state index is 11.4. The normalized spacial score (nSPS) is 11.5. The van der Waals surface area contributed by atoms with Crippen LogP contribution in [0.15, 0.2) is 46.4 Å². The van der Waals surface area contributed by atoms with Gasteiger partial charge in [0.2, 0.25) is 0 Å². The van der Waals surface area contributed by atoms with Gasteiger partial charge in [-0.15, -0.1) is 0 Å². The summed E-state index contributed by atoms with van der Waals surface area (Å²) in [7, 11) is 0. The molecule has 0 atom stereocenters. The van der Waals surface area contributed by atoms with Gasteiger partial charge < -0.3 is 0 Å². The van der Waals surface area contributed by atoms with Gasteiger partial charge in [-0.2, -0.15) is 10.2 Å². The van der Waals surface area contributed by atoms with E-state index in [1.165, 1.54) is 6.20 Å². The van der Waals surface area contributed by atoms with Crippen molar-refractivity contribution in [1.29, 1.82) is 0 Å². The number of nitrogens with one attached hydrogen (secondary N) is 2. The van der Waals surface area contributed by atoms with Gasteiger partial charge in [-0.05, 0) is 18.4 Å². The molecule has 6 heteroatoms. The summed E-state index contributed by atoms with van der Waals surface area (Å²) in [5.41, 5.74) is 4.81. The van der Waals surface area contributed by atoms with Crippen molar-refractivity contribution in [2.24, 2.45) is 5.10 Å². The van der Waals surface area contributed by atoms with Crippen LogP contribution in [0.2, 0.25) is 5.02 Å². The van der Waals surface area contributed by atoms with Crippen LogP contribution < -0.4 is 11.0 Å². The average Bonchev–Trinajstić information content (AvgIpc) is 2.55. The first-order chi connectivity index (χ1) is 10.7. The minimum atomic E-state index is -0.436. The Hall–Kier alpha value is -2.14. The molecule has 1 aromatic carbocycles. The lowest BCUT2D eigenvalue weighted by Crippen LogP contribution is -2.11. The van der Waals surface area contributed by atoms with Gasteiger partial charge in [-0.1, -0.05) is 61.7 Å². The lowest BCUT2D eigenvalue weighted by Gasteiger charge is -2.08. The zero-order valence-electron chi connectivity index (χ0n) is 12.5. The molecule has 0 aliphatic carbocycles. The fourth-order valence-corrected chi connectivity index (χ4v) is 2.16. The van der Waals surface area contributed by atoms with Gasteiger partial charge in [0.15, 0.2) is 0 Å². The van der Waals surface area contributed by atoms with Crippen LogP contribution in [0.3, 0.4) is 0 Å². The van der Waals surface area contributed by atoms with Crippen molar-refractivity contribution in [3.63, 3.8) is 0 Å². The van der Waals surface area contributed by atoms with E-state index in [1.54, 1.807) is 0 Å². The molecule has 22 heavy (non-hydrogen) atoms. The standard InChI is InChI=1S/C16H19ClN4O/c1-2-3-5-10-13(12-8-6-4-7-9-12)19-20-14-11-18-21-16(22)15(14)17/h4,6-9,11H,2-3,5,10H2,1H3,(H2,20,21,22)/b19-13-. The van der Waals surface area contributed by atoms with Crippen LogP contribution in [0, 0.1) is 0 Å². The summed E-state index contributed by atoms with van der Waals surface area (Å²) in [6, 6.07) is 9.96. The Morgan fingerprint density at radius 2 is 2.09 bits per heavy atom. The van der Waals surface area contributed by atoms with E-state index in [-0.39, 0.29) is 5.02 Å². The second kappa shape index (κ2) is 8.34. The number of hydrazone groups is 1. The van der Waals surface area contributed by atoms with Crippen LogP contribution in [0.5, 0.6) is 0 Å². The van der Waals surface area contributed by atoms with E-state index < -0.39 is 5.56 Å². The van der Waals surface area contributed by atoms with Crippen LogP contribution >= 0.6 is 11.6 Å². The molecular weight excluding hydrogens is 300 g/mol. The SMILES string of the molecule is CCCCC/C(=N/Nc1cn[nH]c(=O)c1Cl)c1ccccc1. The molecule has 2 N–H and O–H groups in total. The van der Waals surface area contributed by atoms with Crippen molar-refractivity contribution in [2.45, 2.75) is 32.6 Å². The Morgan fingerprint density at radius 1 is 1.32 bits per heavy atom. The highest BCUT2D eigenvalue weighted by Gasteiger charge is 2.06. The summed E-state index contributed by atoms with van der Waals surface area (Å²) in [4.78, 5) is 11.4. The highest BCUT2D eigenvalue weighted by Crippen LogP contribution is 2.16. The topological polar surface area (TPSA) is 70.1 Å². The minimum absolute atomic E-state index is 0.0553. The van der Waals surface area contributed by atoms with E-state index in [1.807, 2.05) is 30.3 Å². The molecule has 0 amide bonds. The van der Waals surface area contributed by atoms with Crippen molar-refractivity contribution in [1.82, 2.24) is 10.2 Å². The van der Waals surface area contributed by atoms with Crippen LogP contribution in [0.1, 0.15) is 38.2 Å². The Kier molecular flexibility index (Phi) is 6.15. The van der Waals surface area contributed by atoms with Gasteiger partial charge >= 0.3 is 0 Å². The summed E-state index contributed by atoms with van der Waals surface area (Å²) in [6.45, 7) is 2.17. The third-order valence-electron chi connectivity index (χ3n) is 3.23. The summed E-state index contributed by atoms with van der Waals surface area (Å²) >= 11 is 5.93. The monoisotopic (exact) mass is 318 g/mol. The molecule has 0 fully saturated rings. The number of aromatic amines is 1. The molecule has 0 aliphatic heterocycles. The smallest absolute Gasteiger partial charge is 0.275 e. The summed E-state index contributed by atoms with van der Waals surface area (Å²) in [6.07, 6.45) is 5.67. The fourth-order valence-electron chi connectivity index (χ4n) is 2.03. The van der Waals surface area contributed by atoms with Crippen molar-refractivity contribution in [2.75, 3.05) is 5.43 Å². The van der Waals surface area contributed by atoms with E-state index in [9.17, 15) is 4.79 Å². The van der Waals surface area contributed by atoms with Crippen LogP contribution in [-0.4, -0.2) is 15.9 Å². The molecule has 0 unspecified atom stereocenters. The molecule has 2 aromatic rings. The first-order valence-corrected chi connectivity index (χ1v) is 7.71. The highest BCUT2D eigenvalue weighted by molar-refractivity contribution is 6.32. The molecule has 0 saturated heterocycles. The van der Waals surface area contributed by atoms with Gasteiger partial charge in [-0.25, -0.2) is 5.10 Å². The maximum Gasteiger partial charge on any atom is 0.285 e. The van der Waals surface area contributed by atoms with Gasteiger partial charge in [0.25, 0.3) is 5.56 Å². The van der Waals surface area contributed by atoms with E-state index in [0.29, 0.717) is 5.69 Å². The van der Waals surface area contributed by atoms with E-state index in [4.69, 9.17) is 11.6 Å². The molecule has 0 radical (unpaired) electrons. The predicted molar refractivity (Wildman–Crippen MR) is 90.6 cm³/mol. The lowest BCUT2D eigenvalue weighted by molar-refractivity contribution is 0.741. The molecule has 0 aliphatic rings. The summed E-state index contributed by atoms with van der Waals surface area (Å²) in [5, 5.41) is 10.5. The molecule has 5 nitrogen and oxygen atoms in total. The van der Waals surface area contributed by atoms with Crippen LogP contribution in [0.25, 0.3) is 0 Å². The molecule has 0 saturated carbocycles. The number of halogens is 1. The number of rotatable bonds is 7. The van der Waals surface area contributed by atoms with Crippen molar-refractivity contribution in [3.8, 4) is 0 Å². The molecule has 0 spiro atoms.